The smallest absolute Gasteiger partial charge is 0.322 e. The van der Waals surface area contributed by atoms with Gasteiger partial charge in [-0.25, -0.2) is 0 Å². The summed E-state index contributed by atoms with van der Waals surface area (Å²) in [6, 6.07) is 7.03. The number of likely N-dealkylation sites (tertiary alicyclic amines) is 1. The maximum Gasteiger partial charge on any atom is 0.322 e. The Balaban J connectivity index is 1.93. The second kappa shape index (κ2) is 9.84. The summed E-state index contributed by atoms with van der Waals surface area (Å²) in [6.45, 7) is 1.36. The average molecular weight is 390 g/mol. The lowest BCUT2D eigenvalue weighted by atomic mass is 10.1. The Labute approximate surface area is 163 Å². The third-order valence-corrected chi connectivity index (χ3v) is 4.62. The molecule has 1 saturated heterocycles. The molecule has 0 spiro atoms. The van der Waals surface area contributed by atoms with Crippen molar-refractivity contribution >= 4 is 23.7 Å². The largest absolute Gasteiger partial charge is 0.480 e. The van der Waals surface area contributed by atoms with Gasteiger partial charge in [0.1, 0.15) is 18.6 Å². The predicted molar refractivity (Wildman–Crippen MR) is 101 cm³/mol. The van der Waals surface area contributed by atoms with Gasteiger partial charge in [0.2, 0.25) is 17.7 Å². The number of carboxylic acid groups (broad SMARTS) is 1. The quantitative estimate of drug-likeness (QED) is 0.460. The van der Waals surface area contributed by atoms with Crippen LogP contribution in [0, 0.1) is 0 Å². The molecule has 152 valence electrons. The minimum Gasteiger partial charge on any atom is -0.480 e. The molecule has 1 aromatic rings. The van der Waals surface area contributed by atoms with Crippen LogP contribution in [0.15, 0.2) is 30.3 Å². The molecule has 1 heterocycles. The number of rotatable bonds is 8. The number of nitrogens with one attached hydrogen (secondary N) is 2. The van der Waals surface area contributed by atoms with Gasteiger partial charge in [0.05, 0.1) is 6.04 Å². The van der Waals surface area contributed by atoms with Gasteiger partial charge in [-0.3, -0.25) is 19.2 Å². The van der Waals surface area contributed by atoms with Gasteiger partial charge in [0.25, 0.3) is 0 Å². The fourth-order valence-corrected chi connectivity index (χ4v) is 3.16. The molecule has 3 atom stereocenters. The minimum atomic E-state index is -1.17. The second-order valence-electron chi connectivity index (χ2n) is 6.83. The zero-order valence-corrected chi connectivity index (χ0v) is 15.8. The molecule has 1 fully saturated rings. The summed E-state index contributed by atoms with van der Waals surface area (Å²) < 4.78 is 0. The van der Waals surface area contributed by atoms with Crippen LogP contribution in [0.4, 0.5) is 0 Å². The molecule has 0 bridgehead atoms. The van der Waals surface area contributed by atoms with Crippen molar-refractivity contribution in [1.82, 2.24) is 15.5 Å². The standard InChI is InChI=1S/C19H26N4O5/c1-12(17(26)21-11-16(24)25)22-18(27)15-8-5-9-23(15)19(28)14(20)10-13-6-3-2-4-7-13/h2-4,6-7,12,14-15H,5,8-11,20H2,1H3,(H,21,26)(H,22,27)(H,24,25). The number of carboxylic acids is 1. The highest BCUT2D eigenvalue weighted by Gasteiger charge is 2.37. The van der Waals surface area contributed by atoms with Crippen LogP contribution in [-0.4, -0.2) is 64.9 Å². The molecule has 9 nitrogen and oxygen atoms in total. The molecule has 28 heavy (non-hydrogen) atoms. The van der Waals surface area contributed by atoms with Gasteiger partial charge in [-0.1, -0.05) is 30.3 Å². The van der Waals surface area contributed by atoms with E-state index in [9.17, 15) is 19.2 Å². The summed E-state index contributed by atoms with van der Waals surface area (Å²) in [5.41, 5.74) is 7.00. The monoisotopic (exact) mass is 390 g/mol. The van der Waals surface area contributed by atoms with Crippen molar-refractivity contribution < 1.29 is 24.3 Å². The minimum absolute atomic E-state index is 0.301. The molecule has 1 aliphatic heterocycles. The van der Waals surface area contributed by atoms with Crippen LogP contribution in [0.25, 0.3) is 0 Å². The highest BCUT2D eigenvalue weighted by molar-refractivity contribution is 5.93. The molecule has 0 radical (unpaired) electrons. The van der Waals surface area contributed by atoms with Crippen molar-refractivity contribution in [3.8, 4) is 0 Å². The van der Waals surface area contributed by atoms with E-state index in [4.69, 9.17) is 10.8 Å². The Morgan fingerprint density at radius 2 is 1.93 bits per heavy atom. The van der Waals surface area contributed by atoms with E-state index in [2.05, 4.69) is 10.6 Å². The van der Waals surface area contributed by atoms with Gasteiger partial charge in [0.15, 0.2) is 0 Å². The fourth-order valence-electron chi connectivity index (χ4n) is 3.16. The number of benzene rings is 1. The van der Waals surface area contributed by atoms with Crippen LogP contribution in [0.2, 0.25) is 0 Å². The van der Waals surface area contributed by atoms with Gasteiger partial charge < -0.3 is 26.4 Å². The topological polar surface area (TPSA) is 142 Å². The number of hydrogen-bond acceptors (Lipinski definition) is 5. The maximum absolute atomic E-state index is 12.7. The Morgan fingerprint density at radius 1 is 1.25 bits per heavy atom. The number of hydrogen-bond donors (Lipinski definition) is 4. The maximum atomic E-state index is 12.7. The van der Waals surface area contributed by atoms with Crippen LogP contribution in [0.5, 0.6) is 0 Å². The highest BCUT2D eigenvalue weighted by Crippen LogP contribution is 2.19. The van der Waals surface area contributed by atoms with E-state index >= 15 is 0 Å². The predicted octanol–water partition coefficient (Wildman–Crippen LogP) is -0.747. The molecule has 3 unspecified atom stereocenters. The third kappa shape index (κ3) is 5.78. The summed E-state index contributed by atoms with van der Waals surface area (Å²) in [4.78, 5) is 49.1. The van der Waals surface area contributed by atoms with Crippen molar-refractivity contribution in [3.63, 3.8) is 0 Å². The van der Waals surface area contributed by atoms with Crippen LogP contribution in [-0.2, 0) is 25.6 Å². The van der Waals surface area contributed by atoms with E-state index in [1.54, 1.807) is 0 Å². The van der Waals surface area contributed by atoms with Crippen LogP contribution >= 0.6 is 0 Å². The van der Waals surface area contributed by atoms with Crippen molar-refractivity contribution in [2.24, 2.45) is 5.73 Å². The molecule has 5 N–H and O–H groups in total. The van der Waals surface area contributed by atoms with Crippen LogP contribution < -0.4 is 16.4 Å². The van der Waals surface area contributed by atoms with E-state index in [0.717, 1.165) is 5.56 Å². The number of carbonyl (C=O) groups is 4. The zero-order chi connectivity index (χ0) is 20.7. The van der Waals surface area contributed by atoms with E-state index in [1.165, 1.54) is 11.8 Å². The first-order valence-corrected chi connectivity index (χ1v) is 9.19. The van der Waals surface area contributed by atoms with E-state index in [-0.39, 0.29) is 5.91 Å². The highest BCUT2D eigenvalue weighted by atomic mass is 16.4. The second-order valence-corrected chi connectivity index (χ2v) is 6.83. The molecular weight excluding hydrogens is 364 g/mol. The van der Waals surface area contributed by atoms with Crippen molar-refractivity contribution in [1.29, 1.82) is 0 Å². The molecule has 0 saturated carbocycles. The van der Waals surface area contributed by atoms with Crippen LogP contribution in [0.1, 0.15) is 25.3 Å². The summed E-state index contributed by atoms with van der Waals surface area (Å²) in [5, 5.41) is 13.3. The van der Waals surface area contributed by atoms with Gasteiger partial charge in [-0.2, -0.15) is 0 Å². The lowest BCUT2D eigenvalue weighted by Crippen LogP contribution is -2.55. The summed E-state index contributed by atoms with van der Waals surface area (Å²) >= 11 is 0. The Hall–Kier alpha value is -2.94. The van der Waals surface area contributed by atoms with E-state index in [0.29, 0.717) is 25.8 Å². The summed E-state index contributed by atoms with van der Waals surface area (Å²) in [5.74, 6) is -2.53. The van der Waals surface area contributed by atoms with Gasteiger partial charge in [-0.05, 0) is 31.7 Å². The van der Waals surface area contributed by atoms with Gasteiger partial charge in [-0.15, -0.1) is 0 Å². The van der Waals surface area contributed by atoms with Crippen molar-refractivity contribution in [3.05, 3.63) is 35.9 Å². The molecule has 0 aromatic heterocycles. The van der Waals surface area contributed by atoms with Crippen LogP contribution in [0.3, 0.4) is 0 Å². The molecule has 1 aromatic carbocycles. The number of amides is 3. The molecule has 0 aliphatic carbocycles. The third-order valence-electron chi connectivity index (χ3n) is 4.62. The van der Waals surface area contributed by atoms with E-state index in [1.807, 2.05) is 30.3 Å². The molecule has 1 aliphatic rings. The number of aliphatic carboxylic acids is 1. The summed E-state index contributed by atoms with van der Waals surface area (Å²) in [7, 11) is 0. The van der Waals surface area contributed by atoms with Crippen molar-refractivity contribution in [2.45, 2.75) is 44.3 Å². The SMILES string of the molecule is CC(NC(=O)C1CCCN1C(=O)C(N)Cc1ccccc1)C(=O)NCC(=O)O. The molecule has 2 rings (SSSR count). The Morgan fingerprint density at radius 3 is 2.57 bits per heavy atom. The Kier molecular flexibility index (Phi) is 7.51. The average Bonchev–Trinajstić information content (AvgIpc) is 3.16. The number of nitrogens with zero attached hydrogens (tertiary/aromatic N) is 1. The molecule has 9 heteroatoms. The first-order chi connectivity index (χ1) is 13.3. The number of carbonyl (C=O) groups excluding carboxylic acids is 3. The normalized spacial score (nSPS) is 18.2. The lowest BCUT2D eigenvalue weighted by Gasteiger charge is -2.27. The van der Waals surface area contributed by atoms with Crippen molar-refractivity contribution in [2.75, 3.05) is 13.1 Å². The van der Waals surface area contributed by atoms with E-state index < -0.39 is 42.5 Å². The molecular formula is C19H26N4O5. The number of nitrogens with two attached hydrogens (primary N) is 1. The first-order valence-electron chi connectivity index (χ1n) is 9.19. The fraction of sp³-hybridized carbons (Fsp3) is 0.474. The lowest BCUT2D eigenvalue weighted by molar-refractivity contribution is -0.141. The Bertz CT molecular complexity index is 724. The van der Waals surface area contributed by atoms with Gasteiger partial charge in [0, 0.05) is 6.54 Å². The zero-order valence-electron chi connectivity index (χ0n) is 15.8. The first kappa shape index (κ1) is 21.4. The molecule has 3 amide bonds. The summed E-state index contributed by atoms with van der Waals surface area (Å²) in [6.07, 6.45) is 1.53. The van der Waals surface area contributed by atoms with Gasteiger partial charge >= 0.3 is 5.97 Å².